The molecule has 0 rings (SSSR count). The molecule has 10 heavy (non-hydrogen) atoms. The van der Waals surface area contributed by atoms with E-state index in [0.29, 0.717) is 18.9 Å². The summed E-state index contributed by atoms with van der Waals surface area (Å²) in [5.74, 6) is -0.732. The van der Waals surface area contributed by atoms with E-state index in [-0.39, 0.29) is 0 Å². The van der Waals surface area contributed by atoms with E-state index < -0.39 is 5.79 Å². The molecule has 0 fully saturated rings. The minimum Gasteiger partial charge on any atom is -0.347 e. The Bertz CT molecular complexity index is 87.3. The third-order valence-electron chi connectivity index (χ3n) is 1.36. The Labute approximate surface area is 63.2 Å². The third kappa shape index (κ3) is 4.77. The van der Waals surface area contributed by atoms with Gasteiger partial charge in [-0.2, -0.15) is 5.11 Å². The smallest absolute Gasteiger partial charge is 0.198 e. The lowest BCUT2D eigenvalue weighted by Crippen LogP contribution is -2.27. The first-order valence-electron chi connectivity index (χ1n) is 3.82. The van der Waals surface area contributed by atoms with Gasteiger partial charge in [-0.3, -0.25) is 0 Å². The van der Waals surface area contributed by atoms with Crippen LogP contribution in [0.5, 0.6) is 0 Å². The first-order valence-corrected chi connectivity index (χ1v) is 3.82. The Kier molecular flexibility index (Phi) is 3.91. The van der Waals surface area contributed by atoms with Gasteiger partial charge in [0.2, 0.25) is 0 Å². The van der Waals surface area contributed by atoms with Crippen LogP contribution >= 0.6 is 0 Å². The Hall–Kier alpha value is -0.0800. The molecule has 0 aromatic carbocycles. The normalized spacial score (nSPS) is 17.4. The van der Waals surface area contributed by atoms with E-state index in [2.05, 4.69) is 0 Å². The summed E-state index contributed by atoms with van der Waals surface area (Å²) in [5.41, 5.74) is 0. The zero-order valence-corrected chi connectivity index (χ0v) is 7.31. The third-order valence-corrected chi connectivity index (χ3v) is 1.36. The van der Waals surface area contributed by atoms with E-state index in [1.165, 1.54) is 0 Å². The summed E-state index contributed by atoms with van der Waals surface area (Å²) in [6, 6.07) is 0. The predicted octanol–water partition coefficient (Wildman–Crippen LogP) is 2.22. The number of hydrogen-bond donors (Lipinski definition) is 0. The molecular formula is C8H17O2. The largest absolute Gasteiger partial charge is 0.347 e. The van der Waals surface area contributed by atoms with Crippen LogP contribution in [0.3, 0.4) is 0 Å². The van der Waals surface area contributed by atoms with E-state index >= 15 is 0 Å². The molecule has 0 aromatic rings. The fraction of sp³-hybridized carbons (Fsp3) is 1.00. The maximum Gasteiger partial charge on any atom is 0.198 e. The first kappa shape index (κ1) is 9.92. The molecule has 2 nitrogen and oxygen atoms in total. The molecule has 1 unspecified atom stereocenters. The predicted molar refractivity (Wildman–Crippen MR) is 40.2 cm³/mol. The molecule has 0 N–H and O–H groups in total. The second kappa shape index (κ2) is 3.94. The van der Waals surface area contributed by atoms with Crippen LogP contribution in [0, 0.1) is 5.92 Å². The summed E-state index contributed by atoms with van der Waals surface area (Å²) in [6.07, 6.45) is 0.528. The van der Waals surface area contributed by atoms with Gasteiger partial charge in [-0.05, 0) is 12.8 Å². The first-order chi connectivity index (χ1) is 4.48. The Balaban J connectivity index is 3.46. The van der Waals surface area contributed by atoms with Gasteiger partial charge in [0.1, 0.15) is 0 Å². The summed E-state index contributed by atoms with van der Waals surface area (Å²) < 4.78 is 5.08. The molecular weight excluding hydrogens is 128 g/mol. The molecule has 61 valence electrons. The highest BCUT2D eigenvalue weighted by molar-refractivity contribution is 4.55. The number of ether oxygens (including phenoxy) is 1. The van der Waals surface area contributed by atoms with Crippen molar-refractivity contribution in [1.82, 2.24) is 0 Å². The van der Waals surface area contributed by atoms with Gasteiger partial charge >= 0.3 is 0 Å². The van der Waals surface area contributed by atoms with Gasteiger partial charge in [-0.25, -0.2) is 0 Å². The molecule has 0 saturated carbocycles. The SMILES string of the molecule is CCC(C)([O])OCC(C)C. The fourth-order valence-electron chi connectivity index (χ4n) is 0.445. The van der Waals surface area contributed by atoms with Crippen LogP contribution in [0.2, 0.25) is 0 Å². The van der Waals surface area contributed by atoms with Crippen molar-refractivity contribution >= 4 is 0 Å². The minimum absolute atomic E-state index is 0.444. The van der Waals surface area contributed by atoms with Crippen molar-refractivity contribution in [3.05, 3.63) is 0 Å². The van der Waals surface area contributed by atoms with Crippen molar-refractivity contribution in [3.63, 3.8) is 0 Å². The average molecular weight is 145 g/mol. The molecule has 0 amide bonds. The Morgan fingerprint density at radius 2 is 2.00 bits per heavy atom. The lowest BCUT2D eigenvalue weighted by molar-refractivity contribution is -0.233. The van der Waals surface area contributed by atoms with Gasteiger partial charge in [0.25, 0.3) is 0 Å². The molecule has 1 radical (unpaired) electrons. The van der Waals surface area contributed by atoms with E-state index in [4.69, 9.17) is 4.74 Å². The summed E-state index contributed by atoms with van der Waals surface area (Å²) >= 11 is 0. The zero-order chi connectivity index (χ0) is 8.20. The average Bonchev–Trinajstić information content (AvgIpc) is 1.85. The second-order valence-corrected chi connectivity index (χ2v) is 3.19. The van der Waals surface area contributed by atoms with Crippen molar-refractivity contribution in [2.45, 2.75) is 39.9 Å². The molecule has 0 bridgehead atoms. The highest BCUT2D eigenvalue weighted by Crippen LogP contribution is 2.12. The lowest BCUT2D eigenvalue weighted by Gasteiger charge is -2.20. The summed E-state index contributed by atoms with van der Waals surface area (Å²) in [5, 5.41) is 11.2. The van der Waals surface area contributed by atoms with Crippen LogP contribution in [0.15, 0.2) is 0 Å². The van der Waals surface area contributed by atoms with E-state index in [1.807, 2.05) is 20.8 Å². The molecule has 0 aromatic heterocycles. The van der Waals surface area contributed by atoms with E-state index in [9.17, 15) is 5.11 Å². The fourth-order valence-corrected chi connectivity index (χ4v) is 0.445. The highest BCUT2D eigenvalue weighted by Gasteiger charge is 2.20. The highest BCUT2D eigenvalue weighted by atomic mass is 16.6. The van der Waals surface area contributed by atoms with Crippen LogP contribution in [-0.2, 0) is 9.84 Å². The van der Waals surface area contributed by atoms with Gasteiger partial charge < -0.3 is 4.74 Å². The van der Waals surface area contributed by atoms with Crippen molar-refractivity contribution < 1.29 is 9.84 Å². The standard InChI is InChI=1S/C8H17O2/c1-5-8(4,9)10-6-7(2)3/h7H,5-6H2,1-4H3. The maximum atomic E-state index is 11.2. The molecule has 0 aliphatic rings. The maximum absolute atomic E-state index is 11.2. The van der Waals surface area contributed by atoms with Crippen LogP contribution in [-0.4, -0.2) is 12.4 Å². The number of hydrogen-bond acceptors (Lipinski definition) is 1. The summed E-state index contributed by atoms with van der Waals surface area (Å²) in [7, 11) is 0. The summed E-state index contributed by atoms with van der Waals surface area (Å²) in [4.78, 5) is 0. The lowest BCUT2D eigenvalue weighted by atomic mass is 10.2. The Morgan fingerprint density at radius 1 is 1.50 bits per heavy atom. The monoisotopic (exact) mass is 145 g/mol. The van der Waals surface area contributed by atoms with Crippen molar-refractivity contribution in [3.8, 4) is 0 Å². The van der Waals surface area contributed by atoms with Crippen molar-refractivity contribution in [1.29, 1.82) is 0 Å². The van der Waals surface area contributed by atoms with Gasteiger partial charge in [0.15, 0.2) is 5.79 Å². The second-order valence-electron chi connectivity index (χ2n) is 3.19. The van der Waals surface area contributed by atoms with Crippen LogP contribution in [0.4, 0.5) is 0 Å². The molecule has 0 aliphatic carbocycles. The zero-order valence-electron chi connectivity index (χ0n) is 7.31. The van der Waals surface area contributed by atoms with Crippen LogP contribution in [0.25, 0.3) is 0 Å². The topological polar surface area (TPSA) is 29.1 Å². The molecule has 0 aliphatic heterocycles. The van der Waals surface area contributed by atoms with Crippen LogP contribution in [0.1, 0.15) is 34.1 Å². The van der Waals surface area contributed by atoms with Gasteiger partial charge in [0, 0.05) is 6.42 Å². The molecule has 0 saturated heterocycles. The quantitative estimate of drug-likeness (QED) is 0.557. The van der Waals surface area contributed by atoms with E-state index in [1.54, 1.807) is 6.92 Å². The molecule has 0 heterocycles. The van der Waals surface area contributed by atoms with E-state index in [0.717, 1.165) is 0 Å². The van der Waals surface area contributed by atoms with Gasteiger partial charge in [-0.15, -0.1) is 0 Å². The van der Waals surface area contributed by atoms with Gasteiger partial charge in [0.05, 0.1) is 6.61 Å². The Morgan fingerprint density at radius 3 is 2.30 bits per heavy atom. The molecule has 2 heteroatoms. The number of rotatable bonds is 4. The van der Waals surface area contributed by atoms with Gasteiger partial charge in [-0.1, -0.05) is 20.8 Å². The van der Waals surface area contributed by atoms with Crippen molar-refractivity contribution in [2.24, 2.45) is 5.92 Å². The van der Waals surface area contributed by atoms with Crippen molar-refractivity contribution in [2.75, 3.05) is 6.61 Å². The van der Waals surface area contributed by atoms with Crippen LogP contribution < -0.4 is 0 Å². The summed E-state index contributed by atoms with van der Waals surface area (Å²) in [6.45, 7) is 8.05. The minimum atomic E-state index is -1.18. The molecule has 0 spiro atoms. The molecule has 1 atom stereocenters.